The van der Waals surface area contributed by atoms with E-state index in [1.54, 1.807) is 0 Å². The van der Waals surface area contributed by atoms with Gasteiger partial charge in [-0.05, 0) is 43.5 Å². The summed E-state index contributed by atoms with van der Waals surface area (Å²) in [5.74, 6) is 0.992. The zero-order valence-electron chi connectivity index (χ0n) is 10.8. The van der Waals surface area contributed by atoms with Crippen molar-refractivity contribution in [3.05, 3.63) is 29.3 Å². The molecular weight excluding hydrogens is 212 g/mol. The summed E-state index contributed by atoms with van der Waals surface area (Å²) in [6, 6.07) is 6.45. The molecule has 3 heteroatoms. The molecule has 0 saturated heterocycles. The van der Waals surface area contributed by atoms with Crippen LogP contribution in [-0.4, -0.2) is 30.6 Å². The molecule has 1 heterocycles. The van der Waals surface area contributed by atoms with Gasteiger partial charge >= 0.3 is 0 Å². The number of hydrogen-bond donors (Lipinski definition) is 1. The molecule has 17 heavy (non-hydrogen) atoms. The van der Waals surface area contributed by atoms with Crippen LogP contribution in [0.25, 0.3) is 0 Å². The lowest BCUT2D eigenvalue weighted by atomic mass is 9.99. The molecule has 2 rings (SSSR count). The average Bonchev–Trinajstić information content (AvgIpc) is 2.29. The lowest BCUT2D eigenvalue weighted by Gasteiger charge is -2.28. The van der Waals surface area contributed by atoms with Gasteiger partial charge in [0.2, 0.25) is 0 Å². The second-order valence-corrected chi connectivity index (χ2v) is 4.91. The molecule has 0 unspecified atom stereocenters. The fourth-order valence-corrected chi connectivity index (χ4v) is 2.31. The van der Waals surface area contributed by atoms with Crippen LogP contribution >= 0.6 is 0 Å². The number of ether oxygens (including phenoxy) is 1. The molecule has 0 spiro atoms. The van der Waals surface area contributed by atoms with E-state index in [4.69, 9.17) is 10.5 Å². The number of benzene rings is 1. The maximum absolute atomic E-state index is 5.72. The summed E-state index contributed by atoms with van der Waals surface area (Å²) in [7, 11) is 0. The van der Waals surface area contributed by atoms with Crippen molar-refractivity contribution in [1.82, 2.24) is 4.90 Å². The summed E-state index contributed by atoms with van der Waals surface area (Å²) in [6.07, 6.45) is 1.34. The van der Waals surface area contributed by atoms with Gasteiger partial charge in [0.25, 0.3) is 0 Å². The summed E-state index contributed by atoms with van der Waals surface area (Å²) < 4.78 is 5.72. The van der Waals surface area contributed by atoms with Gasteiger partial charge in [0, 0.05) is 26.2 Å². The molecule has 0 saturated carbocycles. The monoisotopic (exact) mass is 234 g/mol. The third kappa shape index (κ3) is 3.20. The molecule has 0 amide bonds. The summed E-state index contributed by atoms with van der Waals surface area (Å²) >= 11 is 0. The summed E-state index contributed by atoms with van der Waals surface area (Å²) in [4.78, 5) is 2.41. The molecule has 1 aliphatic heterocycles. The molecule has 1 aliphatic rings. The quantitative estimate of drug-likeness (QED) is 0.863. The van der Waals surface area contributed by atoms with Crippen molar-refractivity contribution in [1.29, 1.82) is 0 Å². The Labute approximate surface area is 104 Å². The van der Waals surface area contributed by atoms with Crippen LogP contribution in [0.3, 0.4) is 0 Å². The predicted octanol–water partition coefficient (Wildman–Crippen LogP) is 1.79. The SMILES string of the molecule is CC(C)Oc1ccc2c(c1)CCN(CCN)C2. The highest BCUT2D eigenvalue weighted by molar-refractivity contribution is 5.37. The summed E-state index contributed by atoms with van der Waals surface area (Å²) in [5, 5.41) is 0. The van der Waals surface area contributed by atoms with E-state index in [2.05, 4.69) is 36.9 Å². The van der Waals surface area contributed by atoms with Crippen LogP contribution in [0.15, 0.2) is 18.2 Å². The fourth-order valence-electron chi connectivity index (χ4n) is 2.31. The first-order valence-electron chi connectivity index (χ1n) is 6.40. The molecule has 0 atom stereocenters. The van der Waals surface area contributed by atoms with Crippen LogP contribution in [0.1, 0.15) is 25.0 Å². The molecule has 2 N–H and O–H groups in total. The Hall–Kier alpha value is -1.06. The van der Waals surface area contributed by atoms with Gasteiger partial charge in [-0.3, -0.25) is 4.90 Å². The molecular formula is C14H22N2O. The van der Waals surface area contributed by atoms with Crippen LogP contribution in [0.2, 0.25) is 0 Å². The smallest absolute Gasteiger partial charge is 0.119 e. The molecule has 1 aromatic rings. The minimum Gasteiger partial charge on any atom is -0.491 e. The number of rotatable bonds is 4. The molecule has 0 aromatic heterocycles. The Morgan fingerprint density at radius 3 is 2.88 bits per heavy atom. The van der Waals surface area contributed by atoms with Crippen molar-refractivity contribution in [3.63, 3.8) is 0 Å². The van der Waals surface area contributed by atoms with Crippen molar-refractivity contribution in [3.8, 4) is 5.75 Å². The van der Waals surface area contributed by atoms with Gasteiger partial charge in [-0.25, -0.2) is 0 Å². The van der Waals surface area contributed by atoms with Crippen molar-refractivity contribution in [2.75, 3.05) is 19.6 Å². The lowest BCUT2D eigenvalue weighted by Crippen LogP contribution is -2.34. The van der Waals surface area contributed by atoms with Crippen LogP contribution in [0, 0.1) is 0 Å². The van der Waals surface area contributed by atoms with Crippen molar-refractivity contribution < 1.29 is 4.74 Å². The Morgan fingerprint density at radius 2 is 2.18 bits per heavy atom. The highest BCUT2D eigenvalue weighted by atomic mass is 16.5. The van der Waals surface area contributed by atoms with Gasteiger partial charge in [-0.2, -0.15) is 0 Å². The van der Waals surface area contributed by atoms with E-state index in [1.807, 2.05) is 0 Å². The van der Waals surface area contributed by atoms with Gasteiger partial charge in [0.1, 0.15) is 5.75 Å². The highest BCUT2D eigenvalue weighted by Gasteiger charge is 2.16. The van der Waals surface area contributed by atoms with E-state index < -0.39 is 0 Å². The number of fused-ring (bicyclic) bond motifs is 1. The van der Waals surface area contributed by atoms with Gasteiger partial charge in [0.15, 0.2) is 0 Å². The topological polar surface area (TPSA) is 38.5 Å². The van der Waals surface area contributed by atoms with Gasteiger partial charge in [-0.1, -0.05) is 6.07 Å². The Kier molecular flexibility index (Phi) is 4.02. The van der Waals surface area contributed by atoms with E-state index >= 15 is 0 Å². The normalized spacial score (nSPS) is 16.0. The maximum atomic E-state index is 5.72. The third-order valence-corrected chi connectivity index (χ3v) is 3.09. The van der Waals surface area contributed by atoms with E-state index in [1.165, 1.54) is 11.1 Å². The first-order chi connectivity index (χ1) is 8.19. The second-order valence-electron chi connectivity index (χ2n) is 4.91. The van der Waals surface area contributed by atoms with Crippen LogP contribution in [-0.2, 0) is 13.0 Å². The summed E-state index contributed by atoms with van der Waals surface area (Å²) in [6.45, 7) is 7.97. The zero-order chi connectivity index (χ0) is 12.3. The van der Waals surface area contributed by atoms with Crippen LogP contribution in [0.5, 0.6) is 5.75 Å². The molecule has 94 valence electrons. The Bertz CT molecular complexity index is 376. The van der Waals surface area contributed by atoms with Crippen molar-refractivity contribution >= 4 is 0 Å². The highest BCUT2D eigenvalue weighted by Crippen LogP contribution is 2.24. The van der Waals surface area contributed by atoms with Gasteiger partial charge < -0.3 is 10.5 Å². The minimum absolute atomic E-state index is 0.241. The maximum Gasteiger partial charge on any atom is 0.119 e. The molecule has 0 bridgehead atoms. The molecule has 0 fully saturated rings. The van der Waals surface area contributed by atoms with Crippen molar-refractivity contribution in [2.45, 2.75) is 32.9 Å². The first kappa shape index (κ1) is 12.4. The van der Waals surface area contributed by atoms with E-state index in [0.29, 0.717) is 0 Å². The standard InChI is InChI=1S/C14H22N2O/c1-11(2)17-14-4-3-13-10-16(8-6-15)7-5-12(13)9-14/h3-4,9,11H,5-8,10,15H2,1-2H3. The van der Waals surface area contributed by atoms with Gasteiger partial charge in [-0.15, -0.1) is 0 Å². The van der Waals surface area contributed by atoms with E-state index in [0.717, 1.165) is 38.3 Å². The number of nitrogens with two attached hydrogens (primary N) is 1. The lowest BCUT2D eigenvalue weighted by molar-refractivity contribution is 0.239. The van der Waals surface area contributed by atoms with E-state index in [9.17, 15) is 0 Å². The zero-order valence-corrected chi connectivity index (χ0v) is 10.8. The van der Waals surface area contributed by atoms with Crippen LogP contribution < -0.4 is 10.5 Å². The molecule has 0 radical (unpaired) electrons. The second kappa shape index (κ2) is 5.52. The fraction of sp³-hybridized carbons (Fsp3) is 0.571. The van der Waals surface area contributed by atoms with Crippen LogP contribution in [0.4, 0.5) is 0 Å². The third-order valence-electron chi connectivity index (χ3n) is 3.09. The predicted molar refractivity (Wildman–Crippen MR) is 70.2 cm³/mol. The number of nitrogens with zero attached hydrogens (tertiary/aromatic N) is 1. The largest absolute Gasteiger partial charge is 0.491 e. The number of hydrogen-bond acceptors (Lipinski definition) is 3. The van der Waals surface area contributed by atoms with E-state index in [-0.39, 0.29) is 6.10 Å². The molecule has 0 aliphatic carbocycles. The minimum atomic E-state index is 0.241. The summed E-state index contributed by atoms with van der Waals surface area (Å²) in [5.41, 5.74) is 8.44. The average molecular weight is 234 g/mol. The Balaban J connectivity index is 2.08. The molecule has 1 aromatic carbocycles. The van der Waals surface area contributed by atoms with Crippen molar-refractivity contribution in [2.24, 2.45) is 5.73 Å². The van der Waals surface area contributed by atoms with Gasteiger partial charge in [0.05, 0.1) is 6.10 Å². The first-order valence-corrected chi connectivity index (χ1v) is 6.40. The Morgan fingerprint density at radius 1 is 1.35 bits per heavy atom. The molecule has 3 nitrogen and oxygen atoms in total.